The molecule has 3 saturated heterocycles. The first-order valence-corrected chi connectivity index (χ1v) is 11.0. The number of fused-ring (bicyclic) bond motifs is 1. The molecule has 4 rings (SSSR count). The normalized spacial score (nSPS) is 42.8. The predicted octanol–water partition coefficient (Wildman–Crippen LogP) is -1.37. The van der Waals surface area contributed by atoms with Crippen molar-refractivity contribution in [3.05, 3.63) is 35.9 Å². The maximum atomic E-state index is 10.8. The van der Waals surface area contributed by atoms with Crippen molar-refractivity contribution < 1.29 is 54.0 Å². The summed E-state index contributed by atoms with van der Waals surface area (Å²) >= 11 is 0. The van der Waals surface area contributed by atoms with Crippen LogP contribution in [0.25, 0.3) is 0 Å². The van der Waals surface area contributed by atoms with E-state index < -0.39 is 80.4 Å². The Kier molecular flexibility index (Phi) is 7.68. The number of ether oxygens (including phenoxy) is 6. The van der Waals surface area contributed by atoms with Gasteiger partial charge in [-0.15, -0.1) is 0 Å². The maximum absolute atomic E-state index is 10.8. The van der Waals surface area contributed by atoms with Crippen LogP contribution < -0.4 is 0 Å². The third-order valence-electron chi connectivity index (χ3n) is 6.00. The Hall–Kier alpha value is -1.22. The van der Waals surface area contributed by atoms with Crippen molar-refractivity contribution in [3.8, 4) is 0 Å². The fourth-order valence-electron chi connectivity index (χ4n) is 4.38. The average molecular weight is 472 g/mol. The lowest BCUT2D eigenvalue weighted by molar-refractivity contribution is -0.354. The van der Waals surface area contributed by atoms with Gasteiger partial charge < -0.3 is 54.0 Å². The maximum Gasteiger partial charge on any atom is 0.187 e. The number of aliphatic hydroxyl groups is 5. The molecule has 0 saturated carbocycles. The third-order valence-corrected chi connectivity index (χ3v) is 6.00. The van der Waals surface area contributed by atoms with Crippen molar-refractivity contribution in [2.24, 2.45) is 0 Å². The topological polar surface area (TPSA) is 157 Å². The average Bonchev–Trinajstić information content (AvgIpc) is 3.14. The van der Waals surface area contributed by atoms with Gasteiger partial charge in [0.2, 0.25) is 0 Å². The van der Waals surface area contributed by atoms with Crippen LogP contribution in [0.2, 0.25) is 0 Å². The zero-order valence-electron chi connectivity index (χ0n) is 18.5. The lowest BCUT2D eigenvalue weighted by Crippen LogP contribution is -2.64. The van der Waals surface area contributed by atoms with E-state index in [9.17, 15) is 25.5 Å². The Balaban J connectivity index is 1.43. The first kappa shape index (κ1) is 24.9. The summed E-state index contributed by atoms with van der Waals surface area (Å²) in [5.41, 5.74) is 0.840. The molecule has 0 radical (unpaired) electrons. The second-order valence-corrected chi connectivity index (χ2v) is 8.88. The number of aliphatic hydroxyl groups excluding tert-OH is 5. The molecule has 1 aromatic rings. The number of hydrogen-bond acceptors (Lipinski definition) is 11. The van der Waals surface area contributed by atoms with Gasteiger partial charge in [0.05, 0.1) is 19.8 Å². The third kappa shape index (κ3) is 5.24. The summed E-state index contributed by atoms with van der Waals surface area (Å²) in [5.74, 6) is -0.997. The van der Waals surface area contributed by atoms with Crippen LogP contribution in [-0.2, 0) is 35.0 Å². The van der Waals surface area contributed by atoms with Crippen LogP contribution in [0.1, 0.15) is 19.4 Å². The molecular weight excluding hydrogens is 440 g/mol. The van der Waals surface area contributed by atoms with Gasteiger partial charge in [-0.2, -0.15) is 0 Å². The van der Waals surface area contributed by atoms with Crippen molar-refractivity contribution in [1.82, 2.24) is 0 Å². The van der Waals surface area contributed by atoms with Crippen LogP contribution in [-0.4, -0.2) is 106 Å². The van der Waals surface area contributed by atoms with Gasteiger partial charge in [0.25, 0.3) is 0 Å². The first-order chi connectivity index (χ1) is 15.7. The van der Waals surface area contributed by atoms with Crippen LogP contribution in [0.4, 0.5) is 0 Å². The molecule has 0 amide bonds. The molecule has 3 aliphatic heterocycles. The Morgan fingerprint density at radius 2 is 1.45 bits per heavy atom. The highest BCUT2D eigenvalue weighted by Gasteiger charge is 2.56. The van der Waals surface area contributed by atoms with Crippen molar-refractivity contribution in [2.45, 2.75) is 87.7 Å². The molecule has 33 heavy (non-hydrogen) atoms. The molecule has 3 aliphatic rings. The van der Waals surface area contributed by atoms with Crippen molar-refractivity contribution >= 4 is 0 Å². The van der Waals surface area contributed by atoms with Crippen LogP contribution in [0.5, 0.6) is 0 Å². The fourth-order valence-corrected chi connectivity index (χ4v) is 4.38. The summed E-state index contributed by atoms with van der Waals surface area (Å²) in [7, 11) is 0. The van der Waals surface area contributed by atoms with Gasteiger partial charge in [-0.3, -0.25) is 0 Å². The molecule has 10 atom stereocenters. The molecule has 3 fully saturated rings. The van der Waals surface area contributed by atoms with E-state index >= 15 is 0 Å². The van der Waals surface area contributed by atoms with E-state index in [1.165, 1.54) is 0 Å². The van der Waals surface area contributed by atoms with Crippen LogP contribution in [0, 0.1) is 0 Å². The molecule has 0 aliphatic carbocycles. The Bertz CT molecular complexity index is 760. The van der Waals surface area contributed by atoms with Gasteiger partial charge in [-0.1, -0.05) is 30.3 Å². The van der Waals surface area contributed by atoms with E-state index in [4.69, 9.17) is 28.4 Å². The van der Waals surface area contributed by atoms with Crippen LogP contribution in [0.15, 0.2) is 30.3 Å². The second-order valence-electron chi connectivity index (χ2n) is 8.88. The zero-order valence-corrected chi connectivity index (χ0v) is 18.5. The summed E-state index contributed by atoms with van der Waals surface area (Å²) < 4.78 is 34.2. The van der Waals surface area contributed by atoms with E-state index in [2.05, 4.69) is 0 Å². The van der Waals surface area contributed by atoms with E-state index in [0.717, 1.165) is 5.56 Å². The molecule has 1 aromatic carbocycles. The summed E-state index contributed by atoms with van der Waals surface area (Å²) in [6.07, 6.45) is -11.6. The standard InChI is InChI=1S/C22H32O11/c1-22(2)32-18-13(9-24)30-21(16(27)19(18)33-22)31-17-12(8-23)29-20(15(26)14(17)25)28-10-11-6-4-3-5-7-11/h3-7,12-21,23-27H,8-10H2,1-2H3/t12-,13-,14-,15-,16+,17-,18+,19-,20-,21-/m0/s1. The molecule has 0 aromatic heterocycles. The van der Waals surface area contributed by atoms with Crippen LogP contribution in [0.3, 0.4) is 0 Å². The molecule has 3 heterocycles. The second kappa shape index (κ2) is 10.2. The minimum absolute atomic E-state index is 0.123. The van der Waals surface area contributed by atoms with E-state index in [0.29, 0.717) is 0 Å². The van der Waals surface area contributed by atoms with E-state index in [1.807, 2.05) is 30.3 Å². The number of hydrogen-bond donors (Lipinski definition) is 5. The van der Waals surface area contributed by atoms with Gasteiger partial charge in [-0.05, 0) is 19.4 Å². The summed E-state index contributed by atoms with van der Waals surface area (Å²) in [6, 6.07) is 9.21. The predicted molar refractivity (Wildman–Crippen MR) is 109 cm³/mol. The molecule has 11 heteroatoms. The largest absolute Gasteiger partial charge is 0.394 e. The Morgan fingerprint density at radius 3 is 2.12 bits per heavy atom. The van der Waals surface area contributed by atoms with E-state index in [-0.39, 0.29) is 6.61 Å². The Labute approximate surface area is 191 Å². The molecule has 0 bridgehead atoms. The van der Waals surface area contributed by atoms with Crippen LogP contribution >= 0.6 is 0 Å². The van der Waals surface area contributed by atoms with Crippen molar-refractivity contribution in [1.29, 1.82) is 0 Å². The quantitative estimate of drug-likeness (QED) is 0.319. The molecule has 5 N–H and O–H groups in total. The molecular formula is C22H32O11. The van der Waals surface area contributed by atoms with Crippen molar-refractivity contribution in [3.63, 3.8) is 0 Å². The summed E-state index contributed by atoms with van der Waals surface area (Å²) in [5, 5.41) is 51.6. The molecule has 0 spiro atoms. The smallest absolute Gasteiger partial charge is 0.187 e. The Morgan fingerprint density at radius 1 is 0.818 bits per heavy atom. The minimum atomic E-state index is -1.52. The molecule has 11 nitrogen and oxygen atoms in total. The zero-order chi connectivity index (χ0) is 23.8. The highest BCUT2D eigenvalue weighted by Crippen LogP contribution is 2.38. The van der Waals surface area contributed by atoms with Gasteiger partial charge >= 0.3 is 0 Å². The van der Waals surface area contributed by atoms with Gasteiger partial charge in [-0.25, -0.2) is 0 Å². The summed E-state index contributed by atoms with van der Waals surface area (Å²) in [4.78, 5) is 0. The molecule has 0 unspecified atom stereocenters. The van der Waals surface area contributed by atoms with Gasteiger partial charge in [0.1, 0.15) is 48.8 Å². The number of benzene rings is 1. The minimum Gasteiger partial charge on any atom is -0.394 e. The van der Waals surface area contributed by atoms with Gasteiger partial charge in [0, 0.05) is 0 Å². The summed E-state index contributed by atoms with van der Waals surface area (Å²) in [6.45, 7) is 2.50. The lowest BCUT2D eigenvalue weighted by Gasteiger charge is -2.45. The highest BCUT2D eigenvalue weighted by molar-refractivity contribution is 5.13. The van der Waals surface area contributed by atoms with E-state index in [1.54, 1.807) is 13.8 Å². The lowest BCUT2D eigenvalue weighted by atomic mass is 9.97. The first-order valence-electron chi connectivity index (χ1n) is 11.0. The SMILES string of the molecule is CC1(C)O[C@H]2[C@@H](O)[C@H](O[C@@H]3[C@@H](O)[C@H](O)[C@@H](OCc4ccccc4)O[C@H]3CO)O[C@@H](CO)[C@H]2O1. The van der Waals surface area contributed by atoms with Gasteiger partial charge in [0.15, 0.2) is 18.4 Å². The number of rotatable bonds is 7. The fraction of sp³-hybridized carbons (Fsp3) is 0.727. The van der Waals surface area contributed by atoms with Crippen molar-refractivity contribution in [2.75, 3.05) is 13.2 Å². The molecule has 186 valence electrons. The highest BCUT2D eigenvalue weighted by atomic mass is 16.8. The monoisotopic (exact) mass is 472 g/mol.